The zero-order valence-corrected chi connectivity index (χ0v) is 82.7. The highest BCUT2D eigenvalue weighted by Crippen LogP contribution is 2.58. The molecular formula is C129H96BrN7O6. The van der Waals surface area contributed by atoms with Crippen LogP contribution in [0.15, 0.2) is 362 Å². The van der Waals surface area contributed by atoms with Crippen LogP contribution >= 0.6 is 15.9 Å². The van der Waals surface area contributed by atoms with Gasteiger partial charge < -0.3 is 34.3 Å². The van der Waals surface area contributed by atoms with E-state index >= 15 is 0 Å². The summed E-state index contributed by atoms with van der Waals surface area (Å²) in [4.78, 5) is 87.0. The van der Waals surface area contributed by atoms with Gasteiger partial charge in [0.15, 0.2) is 0 Å². The maximum atomic E-state index is 12.9. The molecule has 21 aromatic carbocycles. The van der Waals surface area contributed by atoms with Gasteiger partial charge in [-0.3, -0.25) is 28.8 Å². The molecule has 9 aliphatic rings. The molecule has 0 bridgehead atoms. The highest BCUT2D eigenvalue weighted by molar-refractivity contribution is 9.10. The molecule has 21 aromatic rings. The predicted octanol–water partition coefficient (Wildman–Crippen LogP) is 30.4. The lowest BCUT2D eigenvalue weighted by molar-refractivity contribution is 0.0990. The Balaban J connectivity index is 0.0000000929. The Morgan fingerprint density at radius 3 is 1.33 bits per heavy atom. The average molecular weight is 1920 g/mol. The molecule has 6 aliphatic heterocycles. The molecule has 0 radical (unpaired) electrons. The number of allylic oxidation sites excluding steroid dienone is 8. The minimum atomic E-state index is 0.0636. The number of fused-ring (bicyclic) bond motifs is 4. The molecule has 0 aromatic heterocycles. The van der Waals surface area contributed by atoms with Crippen molar-refractivity contribution in [1.29, 1.82) is 0 Å². The van der Waals surface area contributed by atoms with Gasteiger partial charge in [0.2, 0.25) is 0 Å². The maximum Gasteiger partial charge on any atom is 0.259 e. The number of hydrogen-bond acceptors (Lipinski definition) is 7. The van der Waals surface area contributed by atoms with Crippen molar-refractivity contribution >= 4 is 232 Å². The second kappa shape index (κ2) is 32.9. The summed E-state index contributed by atoms with van der Waals surface area (Å²) in [6.45, 7) is 8.66. The van der Waals surface area contributed by atoms with Gasteiger partial charge in [0.25, 0.3) is 35.4 Å². The third kappa shape index (κ3) is 13.2. The first-order valence-electron chi connectivity index (χ1n) is 48.6. The molecule has 30 rings (SSSR count). The van der Waals surface area contributed by atoms with Crippen LogP contribution in [-0.4, -0.2) is 91.8 Å². The summed E-state index contributed by atoms with van der Waals surface area (Å²) >= 11 is 3.43. The number of aryl methyl sites for hydroxylation is 1. The summed E-state index contributed by atoms with van der Waals surface area (Å²) < 4.78 is 0.872. The van der Waals surface area contributed by atoms with Gasteiger partial charge in [0.05, 0.1) is 39.7 Å². The van der Waals surface area contributed by atoms with Crippen molar-refractivity contribution in [2.75, 3.05) is 90.7 Å². The number of nitrogens with zero attached hydrogens (tertiary/aromatic N) is 7. The number of hydrogen-bond donors (Lipinski definition) is 0. The van der Waals surface area contributed by atoms with Gasteiger partial charge in [-0.1, -0.05) is 282 Å². The summed E-state index contributed by atoms with van der Waals surface area (Å²) in [7, 11) is 15.3. The first-order chi connectivity index (χ1) is 69.3. The van der Waals surface area contributed by atoms with E-state index in [1.165, 1.54) is 142 Å². The third-order valence-electron chi connectivity index (χ3n) is 31.1. The van der Waals surface area contributed by atoms with E-state index in [2.05, 4.69) is 311 Å². The minimum absolute atomic E-state index is 0.0636. The molecular weight excluding hydrogens is 1820 g/mol. The summed E-state index contributed by atoms with van der Waals surface area (Å²) in [6, 6.07) is 112. The largest absolute Gasteiger partial charge is 0.377 e. The Bertz CT molecular complexity index is 9440. The summed E-state index contributed by atoms with van der Waals surface area (Å²) in [6.07, 6.45) is 11.6. The highest BCUT2D eigenvalue weighted by atomic mass is 79.9. The van der Waals surface area contributed by atoms with Crippen molar-refractivity contribution in [3.8, 4) is 22.3 Å². The normalized spacial score (nSPS) is 15.5. The van der Waals surface area contributed by atoms with E-state index in [4.69, 9.17) is 0 Å². The van der Waals surface area contributed by atoms with Crippen LogP contribution in [0.1, 0.15) is 117 Å². The smallest absolute Gasteiger partial charge is 0.259 e. The molecule has 0 saturated heterocycles. The van der Waals surface area contributed by atoms with Crippen molar-refractivity contribution in [2.45, 2.75) is 39.0 Å². The molecule has 3 aliphatic carbocycles. The lowest BCUT2D eigenvalue weighted by Gasteiger charge is -2.40. The van der Waals surface area contributed by atoms with Crippen molar-refractivity contribution in [1.82, 2.24) is 0 Å². The molecule has 6 amide bonds. The predicted molar refractivity (Wildman–Crippen MR) is 598 cm³/mol. The van der Waals surface area contributed by atoms with Gasteiger partial charge in [0.1, 0.15) is 0 Å². The molecule has 13 nitrogen and oxygen atoms in total. The SMILES string of the molecule is CN(C)c1ccc2c3c(cccc13)C1C=CC(c3ccc4c5c(cccc35)C(=O)N4C)=C3C=CC=C2C31.CN1C(=O)c2c(Br)ccc3cccc1c23.CN1C(=O)c2cccc3c(-c4c5ccccc5cc5ccccc45)ccc1c23.CN1C(=O)c2cccc3c(-c4cc5cccc6ccc7cccc4c7c65)ccc1c23.CN1C(=O)c2cccc3cc(C(C)(C)C)cc1c23.Cc1ccc2c3c(cccc13)N(C)C2=O. The molecule has 0 N–H and O–H groups in total. The van der Waals surface area contributed by atoms with Gasteiger partial charge in [-0.25, -0.2) is 0 Å². The van der Waals surface area contributed by atoms with E-state index in [9.17, 15) is 28.8 Å². The van der Waals surface area contributed by atoms with Crippen LogP contribution in [0.4, 0.5) is 39.8 Å². The fraction of sp³-hybridized carbons (Fsp3) is 0.116. The third-order valence-corrected chi connectivity index (χ3v) is 31.8. The van der Waals surface area contributed by atoms with E-state index in [0.717, 1.165) is 131 Å². The average Bonchev–Trinajstić information content (AvgIpc) is 0.924. The molecule has 6 heterocycles. The van der Waals surface area contributed by atoms with Gasteiger partial charge in [-0.2, -0.15) is 0 Å². The van der Waals surface area contributed by atoms with Crippen LogP contribution in [0.3, 0.4) is 0 Å². The molecule has 0 spiro atoms. The zero-order chi connectivity index (χ0) is 98.0. The number of rotatable bonds is 4. The molecule has 2 atom stereocenters. The van der Waals surface area contributed by atoms with E-state index in [-0.39, 0.29) is 46.8 Å². The molecule has 0 fully saturated rings. The second-order valence-electron chi connectivity index (χ2n) is 40.0. The second-order valence-corrected chi connectivity index (χ2v) is 40.9. The maximum absolute atomic E-state index is 12.9. The minimum Gasteiger partial charge on any atom is -0.377 e. The van der Waals surface area contributed by atoms with Crippen molar-refractivity contribution in [3.05, 3.63) is 423 Å². The highest BCUT2D eigenvalue weighted by Gasteiger charge is 2.42. The standard InChI is InChI=1S/C34H26N2O.C28H17NO.C26H17NO.C16H17NO.C13H11NO.C12H8BrNO/c1-35(2)29-17-16-26-23-9-4-7-21-19(13-14-25(31(21)23)24-10-5-11-27(29)32(24)26)20-15-18-30-33-22(20)8-6-12-28(33)34(37)36(30)3;1-29-24-14-13-19(20-9-4-10-22(27(20)24)28(29)30)23-15-18-7-2-5-16-11-12-17-6-3-8-21(23)26(17)25(16)18;1-27-23-14-13-21(20-11-6-12-22(25(20)23)26(27)28)24-18-9-4-2-7-16(18)15-17-8-3-5-10-19(17)24;1-16(2,3)11-8-10-6-5-7-12-14(10)13(9-11)17(4)15(12)18;1-8-6-7-10-12-9(8)4-3-5-11(12)14(2)13(10)15;1-14-9-4-2-3-7-5-6-8(13)11(10(7)9)12(14)15/h4-18,25,31H,1-3H3;2-15H,1H3;2-15H,1H3;5-9H,1-4H3;3-7H,1-2H3;2-6H,1H3. The van der Waals surface area contributed by atoms with Crippen LogP contribution in [-0.2, 0) is 5.41 Å². The van der Waals surface area contributed by atoms with Crippen LogP contribution in [0.25, 0.3) is 163 Å². The summed E-state index contributed by atoms with van der Waals surface area (Å²) in [5.74, 6) is 1.06. The Labute approximate surface area is 835 Å². The Hall–Kier alpha value is -16.9. The van der Waals surface area contributed by atoms with Gasteiger partial charge in [0, 0.05) is 144 Å². The fourth-order valence-corrected chi connectivity index (χ4v) is 24.6. The van der Waals surface area contributed by atoms with E-state index in [0.29, 0.717) is 5.92 Å². The monoisotopic (exact) mass is 1920 g/mol. The van der Waals surface area contributed by atoms with E-state index < -0.39 is 0 Å². The van der Waals surface area contributed by atoms with Crippen LogP contribution in [0, 0.1) is 12.8 Å². The van der Waals surface area contributed by atoms with Crippen LogP contribution < -0.4 is 34.3 Å². The zero-order valence-electron chi connectivity index (χ0n) is 81.1. The molecule has 690 valence electrons. The van der Waals surface area contributed by atoms with Gasteiger partial charge in [-0.05, 0) is 278 Å². The fourth-order valence-electron chi connectivity index (χ4n) is 24.1. The molecule has 143 heavy (non-hydrogen) atoms. The van der Waals surface area contributed by atoms with Crippen molar-refractivity contribution in [2.24, 2.45) is 5.92 Å². The van der Waals surface area contributed by atoms with Gasteiger partial charge in [-0.15, -0.1) is 0 Å². The number of amides is 6. The number of carbonyl (C=O) groups excluding carboxylic acids is 6. The van der Waals surface area contributed by atoms with Crippen molar-refractivity contribution < 1.29 is 28.8 Å². The number of halogens is 1. The van der Waals surface area contributed by atoms with Gasteiger partial charge >= 0.3 is 0 Å². The van der Waals surface area contributed by atoms with Crippen molar-refractivity contribution in [3.63, 3.8) is 0 Å². The van der Waals surface area contributed by atoms with Crippen LogP contribution in [0.2, 0.25) is 0 Å². The lowest BCUT2D eigenvalue weighted by atomic mass is 9.63. The lowest BCUT2D eigenvalue weighted by Crippen LogP contribution is -2.24. The number of anilines is 7. The molecule has 14 heteroatoms. The Morgan fingerprint density at radius 1 is 0.294 bits per heavy atom. The molecule has 2 unspecified atom stereocenters. The molecule has 0 saturated carbocycles. The quantitative estimate of drug-likeness (QED) is 0.127. The topological polar surface area (TPSA) is 125 Å². The first kappa shape index (κ1) is 87.6. The summed E-state index contributed by atoms with van der Waals surface area (Å²) in [5, 5.41) is 28.7. The first-order valence-corrected chi connectivity index (χ1v) is 49.4. The van der Waals surface area contributed by atoms with E-state index in [1.807, 2.05) is 145 Å². The Morgan fingerprint density at radius 2 is 0.713 bits per heavy atom. The number of carbonyl (C=O) groups is 6. The van der Waals surface area contributed by atoms with Crippen LogP contribution in [0.5, 0.6) is 0 Å². The Kier molecular flexibility index (Phi) is 20.1. The van der Waals surface area contributed by atoms with E-state index in [1.54, 1.807) is 29.4 Å². The summed E-state index contributed by atoms with van der Waals surface area (Å²) in [5.41, 5.74) is 27.5. The number of benzene rings is 21.